The Balaban J connectivity index is 1.16. The summed E-state index contributed by atoms with van der Waals surface area (Å²) in [5.41, 5.74) is -0.164. The molecule has 0 atom stereocenters. The number of amides is 4. The molecule has 2 saturated heterocycles. The molecular weight excluding hydrogens is 588 g/mol. The Morgan fingerprint density at radius 3 is 2.39 bits per heavy atom. The first kappa shape index (κ1) is 31.3. The summed E-state index contributed by atoms with van der Waals surface area (Å²) in [5.74, 6) is 0.734. The average Bonchev–Trinajstić information content (AvgIpc) is 3.15. The second kappa shape index (κ2) is 12.9. The number of alkyl halides is 2. The van der Waals surface area contributed by atoms with Gasteiger partial charge in [-0.05, 0) is 67.9 Å². The molecule has 1 aromatic carbocycles. The summed E-state index contributed by atoms with van der Waals surface area (Å²) < 4.78 is 26.7. The van der Waals surface area contributed by atoms with Gasteiger partial charge in [0.25, 0.3) is 11.2 Å². The van der Waals surface area contributed by atoms with E-state index in [2.05, 4.69) is 25.1 Å². The van der Waals surface area contributed by atoms with Crippen molar-refractivity contribution in [2.45, 2.75) is 49.4 Å². The number of thioether (sulfide) groups is 1. The molecule has 3 aromatic rings. The number of benzene rings is 1. The zero-order chi connectivity index (χ0) is 31.5. The molecule has 0 radical (unpaired) electrons. The molecule has 4 amide bonds. The van der Waals surface area contributed by atoms with Gasteiger partial charge in [0.05, 0.1) is 5.69 Å². The lowest BCUT2D eigenvalue weighted by Crippen LogP contribution is -2.47. The number of carbonyl (C=O) groups is 3. The van der Waals surface area contributed by atoms with E-state index in [1.807, 2.05) is 18.2 Å². The molecule has 5 rings (SSSR count). The maximum Gasteiger partial charge on any atom is 0.332 e. The molecule has 0 aliphatic carbocycles. The van der Waals surface area contributed by atoms with Crippen LogP contribution in [0.3, 0.4) is 0 Å². The van der Waals surface area contributed by atoms with Gasteiger partial charge >= 0.3 is 6.03 Å². The van der Waals surface area contributed by atoms with Crippen LogP contribution < -0.4 is 15.1 Å². The fourth-order valence-electron chi connectivity index (χ4n) is 5.23. The normalized spacial score (nSPS) is 17.3. The number of halogens is 2. The zero-order valence-corrected chi connectivity index (χ0v) is 25.7. The van der Waals surface area contributed by atoms with Crippen molar-refractivity contribution in [1.29, 1.82) is 0 Å². The lowest BCUT2D eigenvalue weighted by Gasteiger charge is -2.35. The van der Waals surface area contributed by atoms with Crippen LogP contribution >= 0.6 is 11.8 Å². The fraction of sp³-hybridized carbons (Fsp3) is 0.387. The first-order chi connectivity index (χ1) is 20.9. The second-order valence-electron chi connectivity index (χ2n) is 11.3. The first-order valence-electron chi connectivity index (χ1n) is 14.4. The van der Waals surface area contributed by atoms with Gasteiger partial charge in [-0.3, -0.25) is 14.5 Å². The summed E-state index contributed by atoms with van der Waals surface area (Å²) in [6.45, 7) is 8.22. The Morgan fingerprint density at radius 2 is 1.73 bits per heavy atom. The Hall–Kier alpha value is -4.10. The van der Waals surface area contributed by atoms with Crippen LogP contribution in [-0.2, 0) is 16.1 Å². The van der Waals surface area contributed by atoms with E-state index in [4.69, 9.17) is 0 Å². The monoisotopic (exact) mass is 623 g/mol. The standard InChI is InChI=1S/C31H35F2N7O3S/c1-30(2)28(42)40(23-7-9-24(10-8-23)44-31(3,32)33)29(43)39(30)21-22-11-14-34-25(20-22)36-27(41)12-15-37-16-18-38(19-17-37)26-6-4-5-13-35-26/h4-11,13-14,20H,12,15-19,21H2,1-3H3,(H,34,36,41). The van der Waals surface area contributed by atoms with Gasteiger partial charge in [0.15, 0.2) is 0 Å². The topological polar surface area (TPSA) is 102 Å². The molecule has 1 N–H and O–H groups in total. The Kier molecular flexibility index (Phi) is 9.16. The molecular formula is C31H35F2N7O3S. The van der Waals surface area contributed by atoms with Crippen LogP contribution in [0.5, 0.6) is 0 Å². The number of nitrogens with zero attached hydrogens (tertiary/aromatic N) is 6. The third-order valence-corrected chi connectivity index (χ3v) is 8.51. The summed E-state index contributed by atoms with van der Waals surface area (Å²) in [5, 5.41) is -0.100. The van der Waals surface area contributed by atoms with E-state index in [0.717, 1.165) is 43.8 Å². The number of aromatic nitrogens is 2. The van der Waals surface area contributed by atoms with Gasteiger partial charge in [0.1, 0.15) is 17.2 Å². The molecule has 10 nitrogen and oxygen atoms in total. The molecule has 0 spiro atoms. The summed E-state index contributed by atoms with van der Waals surface area (Å²) in [7, 11) is 0. The molecule has 4 heterocycles. The molecule has 0 bridgehead atoms. The predicted octanol–water partition coefficient (Wildman–Crippen LogP) is 5.08. The van der Waals surface area contributed by atoms with Crippen molar-refractivity contribution in [3.63, 3.8) is 0 Å². The number of hydrogen-bond acceptors (Lipinski definition) is 8. The summed E-state index contributed by atoms with van der Waals surface area (Å²) in [4.78, 5) is 55.5. The number of anilines is 3. The number of rotatable bonds is 10. The summed E-state index contributed by atoms with van der Waals surface area (Å²) >= 11 is 0.396. The highest BCUT2D eigenvalue weighted by molar-refractivity contribution is 8.00. The Labute approximate surface area is 259 Å². The van der Waals surface area contributed by atoms with E-state index < -0.39 is 22.7 Å². The van der Waals surface area contributed by atoms with Crippen LogP contribution in [-0.4, -0.2) is 81.1 Å². The van der Waals surface area contributed by atoms with E-state index >= 15 is 0 Å². The number of pyridine rings is 2. The van der Waals surface area contributed by atoms with Gasteiger partial charge in [-0.15, -0.1) is 0 Å². The lowest BCUT2D eigenvalue weighted by atomic mass is 10.0. The number of hydrogen-bond donors (Lipinski definition) is 1. The number of piperazine rings is 1. The van der Waals surface area contributed by atoms with Crippen LogP contribution in [0.15, 0.2) is 71.9 Å². The smallest absolute Gasteiger partial charge is 0.332 e. The van der Waals surface area contributed by atoms with Crippen LogP contribution in [0, 0.1) is 0 Å². The molecule has 2 aliphatic rings. The second-order valence-corrected chi connectivity index (χ2v) is 12.7. The summed E-state index contributed by atoms with van der Waals surface area (Å²) in [6, 6.07) is 14.7. The zero-order valence-electron chi connectivity index (χ0n) is 24.9. The van der Waals surface area contributed by atoms with Gasteiger partial charge in [-0.2, -0.15) is 8.78 Å². The third-order valence-electron chi connectivity index (χ3n) is 7.65. The highest BCUT2D eigenvalue weighted by atomic mass is 32.2. The van der Waals surface area contributed by atoms with Crippen molar-refractivity contribution in [3.05, 3.63) is 72.6 Å². The SMILES string of the molecule is CC(F)(F)Sc1ccc(N2C(=O)N(Cc3ccnc(NC(=O)CCN4CCN(c5ccccn5)CC4)c3)C(C)(C)C2=O)cc1. The average molecular weight is 624 g/mol. The number of imide groups is 1. The molecule has 232 valence electrons. The largest absolute Gasteiger partial charge is 0.354 e. The molecule has 13 heteroatoms. The molecule has 2 aliphatic heterocycles. The molecule has 2 aromatic heterocycles. The number of urea groups is 1. The molecule has 0 saturated carbocycles. The van der Waals surface area contributed by atoms with Crippen molar-refractivity contribution in [1.82, 2.24) is 19.8 Å². The van der Waals surface area contributed by atoms with Crippen molar-refractivity contribution in [3.8, 4) is 0 Å². The van der Waals surface area contributed by atoms with Crippen LogP contribution in [0.1, 0.15) is 32.8 Å². The van der Waals surface area contributed by atoms with Gasteiger partial charge in [0, 0.05) is 69.9 Å². The number of carbonyl (C=O) groups excluding carboxylic acids is 3. The van der Waals surface area contributed by atoms with Gasteiger partial charge in [-0.25, -0.2) is 19.7 Å². The fourth-order valence-corrected chi connectivity index (χ4v) is 5.91. The van der Waals surface area contributed by atoms with Crippen LogP contribution in [0.2, 0.25) is 0 Å². The van der Waals surface area contributed by atoms with Crippen molar-refractivity contribution < 1.29 is 23.2 Å². The van der Waals surface area contributed by atoms with Crippen LogP contribution in [0.25, 0.3) is 0 Å². The minimum Gasteiger partial charge on any atom is -0.354 e. The first-order valence-corrected chi connectivity index (χ1v) is 15.2. The maximum atomic E-state index is 13.5. The molecule has 2 fully saturated rings. The van der Waals surface area contributed by atoms with E-state index in [9.17, 15) is 23.2 Å². The van der Waals surface area contributed by atoms with E-state index in [1.165, 1.54) is 29.2 Å². The highest BCUT2D eigenvalue weighted by Gasteiger charge is 2.51. The minimum atomic E-state index is -2.95. The summed E-state index contributed by atoms with van der Waals surface area (Å²) in [6.07, 6.45) is 3.65. The van der Waals surface area contributed by atoms with Crippen molar-refractivity contribution in [2.75, 3.05) is 47.8 Å². The quantitative estimate of drug-likeness (QED) is 0.247. The molecule has 0 unspecified atom stereocenters. The highest BCUT2D eigenvalue weighted by Crippen LogP contribution is 2.38. The lowest BCUT2D eigenvalue weighted by molar-refractivity contribution is -0.123. The maximum absolute atomic E-state index is 13.5. The Morgan fingerprint density at radius 1 is 1.00 bits per heavy atom. The molecule has 44 heavy (non-hydrogen) atoms. The van der Waals surface area contributed by atoms with Gasteiger partial charge in [0.2, 0.25) is 5.91 Å². The Bertz CT molecular complexity index is 1490. The van der Waals surface area contributed by atoms with E-state index in [0.29, 0.717) is 46.7 Å². The van der Waals surface area contributed by atoms with Gasteiger partial charge < -0.3 is 15.1 Å². The van der Waals surface area contributed by atoms with Crippen LogP contribution in [0.4, 0.5) is 30.9 Å². The van der Waals surface area contributed by atoms with E-state index in [-0.39, 0.29) is 12.5 Å². The van der Waals surface area contributed by atoms with Crippen molar-refractivity contribution in [2.24, 2.45) is 0 Å². The predicted molar refractivity (Wildman–Crippen MR) is 166 cm³/mol. The minimum absolute atomic E-state index is 0.107. The van der Waals surface area contributed by atoms with Crippen molar-refractivity contribution >= 4 is 46.9 Å². The number of nitrogens with one attached hydrogen (secondary N) is 1. The van der Waals surface area contributed by atoms with Gasteiger partial charge in [-0.1, -0.05) is 17.8 Å². The van der Waals surface area contributed by atoms with E-state index in [1.54, 1.807) is 38.4 Å². The third kappa shape index (κ3) is 7.33.